The van der Waals surface area contributed by atoms with Gasteiger partial charge in [-0.2, -0.15) is 5.10 Å². The number of rotatable bonds is 6. The van der Waals surface area contributed by atoms with Crippen LogP contribution in [0.15, 0.2) is 77.6 Å². The lowest BCUT2D eigenvalue weighted by molar-refractivity contribution is 0.0883. The van der Waals surface area contributed by atoms with Crippen LogP contribution in [0.1, 0.15) is 0 Å². The van der Waals surface area contributed by atoms with E-state index in [-0.39, 0.29) is 18.7 Å². The summed E-state index contributed by atoms with van der Waals surface area (Å²) in [7, 11) is 0. The van der Waals surface area contributed by atoms with Crippen LogP contribution in [0.5, 0.6) is 5.75 Å². The van der Waals surface area contributed by atoms with Gasteiger partial charge in [-0.15, -0.1) is 0 Å². The highest BCUT2D eigenvalue weighted by molar-refractivity contribution is 6.34. The van der Waals surface area contributed by atoms with Gasteiger partial charge < -0.3 is 9.84 Å². The molecule has 0 fully saturated rings. The van der Waals surface area contributed by atoms with E-state index in [1.807, 2.05) is 48.5 Å². The molecule has 4 rings (SSSR count). The maximum absolute atomic E-state index is 12.9. The summed E-state index contributed by atoms with van der Waals surface area (Å²) in [5, 5.41) is 17.2. The normalized spacial score (nSPS) is 12.1. The number of nitrogens with zero attached hydrogens (tertiary/aromatic N) is 2. The fourth-order valence-corrected chi connectivity index (χ4v) is 3.53. The fourth-order valence-electron chi connectivity index (χ4n) is 3.19. The van der Waals surface area contributed by atoms with Gasteiger partial charge in [-0.1, -0.05) is 71.7 Å². The van der Waals surface area contributed by atoms with Crippen molar-refractivity contribution in [1.29, 1.82) is 0 Å². The Balaban J connectivity index is 1.63. The van der Waals surface area contributed by atoms with E-state index in [0.717, 1.165) is 10.9 Å². The number of fused-ring (bicyclic) bond motifs is 1. The zero-order valence-corrected chi connectivity index (χ0v) is 17.3. The number of ether oxygens (including phenoxy) is 1. The van der Waals surface area contributed by atoms with Crippen LogP contribution in [0.3, 0.4) is 0 Å². The first-order valence-electron chi connectivity index (χ1n) is 9.34. The standard InChI is InChI=1S/C23H18Cl2N2O3/c24-16-10-11-20(25)21(12-16)30-14-17(28)13-27-23(29)19-9-5-4-8-18(19)22(26-27)15-6-2-1-3-7-15/h1-12,17,28H,13-14H2/t17-/m1/s1. The van der Waals surface area contributed by atoms with Crippen molar-refractivity contribution in [3.8, 4) is 17.0 Å². The maximum Gasteiger partial charge on any atom is 0.274 e. The van der Waals surface area contributed by atoms with E-state index in [1.54, 1.807) is 24.3 Å². The molecular formula is C23H18Cl2N2O3. The Kier molecular flexibility index (Phi) is 6.04. The lowest BCUT2D eigenvalue weighted by Gasteiger charge is -2.16. The lowest BCUT2D eigenvalue weighted by atomic mass is 10.1. The number of halogens is 2. The van der Waals surface area contributed by atoms with E-state index < -0.39 is 6.10 Å². The van der Waals surface area contributed by atoms with Gasteiger partial charge in [-0.05, 0) is 18.2 Å². The molecule has 3 aromatic carbocycles. The predicted octanol–water partition coefficient (Wildman–Crippen LogP) is 4.81. The highest BCUT2D eigenvalue weighted by atomic mass is 35.5. The highest BCUT2D eigenvalue weighted by Gasteiger charge is 2.15. The van der Waals surface area contributed by atoms with Crippen molar-refractivity contribution in [2.24, 2.45) is 0 Å². The molecule has 7 heteroatoms. The first-order valence-corrected chi connectivity index (χ1v) is 10.1. The summed E-state index contributed by atoms with van der Waals surface area (Å²) in [5.74, 6) is 0.368. The van der Waals surface area contributed by atoms with Crippen LogP contribution >= 0.6 is 23.2 Å². The van der Waals surface area contributed by atoms with Crippen LogP contribution in [0, 0.1) is 0 Å². The van der Waals surface area contributed by atoms with E-state index in [1.165, 1.54) is 4.68 Å². The summed E-state index contributed by atoms with van der Waals surface area (Å²) in [6.45, 7) is -0.0939. The summed E-state index contributed by atoms with van der Waals surface area (Å²) in [6.07, 6.45) is -0.977. The van der Waals surface area contributed by atoms with E-state index >= 15 is 0 Å². The fraction of sp³-hybridized carbons (Fsp3) is 0.130. The van der Waals surface area contributed by atoms with Gasteiger partial charge in [0.1, 0.15) is 18.5 Å². The Morgan fingerprint density at radius 3 is 2.43 bits per heavy atom. The van der Waals surface area contributed by atoms with Gasteiger partial charge >= 0.3 is 0 Å². The summed E-state index contributed by atoms with van der Waals surface area (Å²) >= 11 is 12.0. The second-order valence-electron chi connectivity index (χ2n) is 6.79. The van der Waals surface area contributed by atoms with Gasteiger partial charge in [-0.25, -0.2) is 4.68 Å². The summed E-state index contributed by atoms with van der Waals surface area (Å²) in [6, 6.07) is 21.8. The smallest absolute Gasteiger partial charge is 0.274 e. The SMILES string of the molecule is O=c1c2ccccc2c(-c2ccccc2)nn1C[C@@H](O)COc1cc(Cl)ccc1Cl. The number of benzene rings is 3. The Labute approximate surface area is 183 Å². The molecule has 1 atom stereocenters. The number of hydrogen-bond acceptors (Lipinski definition) is 4. The highest BCUT2D eigenvalue weighted by Crippen LogP contribution is 2.28. The number of aliphatic hydroxyl groups excluding tert-OH is 1. The van der Waals surface area contributed by atoms with Crippen molar-refractivity contribution in [2.75, 3.05) is 6.61 Å². The van der Waals surface area contributed by atoms with Crippen molar-refractivity contribution in [1.82, 2.24) is 9.78 Å². The maximum atomic E-state index is 12.9. The summed E-state index contributed by atoms with van der Waals surface area (Å²) in [4.78, 5) is 12.9. The molecule has 1 N–H and O–H groups in total. The van der Waals surface area contributed by atoms with Crippen molar-refractivity contribution in [2.45, 2.75) is 12.6 Å². The Morgan fingerprint density at radius 1 is 0.967 bits per heavy atom. The van der Waals surface area contributed by atoms with Gasteiger partial charge in [0, 0.05) is 22.0 Å². The zero-order chi connectivity index (χ0) is 21.1. The second-order valence-corrected chi connectivity index (χ2v) is 7.63. The van der Waals surface area contributed by atoms with Crippen LogP contribution in [0.2, 0.25) is 10.0 Å². The minimum Gasteiger partial charge on any atom is -0.489 e. The molecule has 0 aliphatic rings. The predicted molar refractivity (Wildman–Crippen MR) is 119 cm³/mol. The number of hydrogen-bond donors (Lipinski definition) is 1. The summed E-state index contributed by atoms with van der Waals surface area (Å²) in [5.41, 5.74) is 1.29. The van der Waals surface area contributed by atoms with Crippen molar-refractivity contribution < 1.29 is 9.84 Å². The first kappa shape index (κ1) is 20.4. The molecule has 30 heavy (non-hydrogen) atoms. The van der Waals surface area contributed by atoms with E-state index in [0.29, 0.717) is 26.9 Å². The Hall–Kier alpha value is -2.86. The molecule has 0 radical (unpaired) electrons. The minimum atomic E-state index is -0.977. The van der Waals surface area contributed by atoms with Gasteiger partial charge in [0.25, 0.3) is 5.56 Å². The average molecular weight is 441 g/mol. The molecule has 4 aromatic rings. The molecule has 0 saturated heterocycles. The molecule has 1 heterocycles. The van der Waals surface area contributed by atoms with Crippen LogP contribution in [-0.2, 0) is 6.54 Å². The van der Waals surface area contributed by atoms with Gasteiger partial charge in [-0.3, -0.25) is 4.79 Å². The van der Waals surface area contributed by atoms with E-state index in [9.17, 15) is 9.90 Å². The third-order valence-corrected chi connectivity index (χ3v) is 5.17. The monoisotopic (exact) mass is 440 g/mol. The lowest BCUT2D eigenvalue weighted by Crippen LogP contribution is -2.32. The van der Waals surface area contributed by atoms with E-state index in [2.05, 4.69) is 5.10 Å². The molecule has 0 aliphatic heterocycles. The molecule has 0 aliphatic carbocycles. The quantitative estimate of drug-likeness (QED) is 0.467. The van der Waals surface area contributed by atoms with Crippen LogP contribution in [0.25, 0.3) is 22.0 Å². The van der Waals surface area contributed by atoms with E-state index in [4.69, 9.17) is 27.9 Å². The molecule has 152 valence electrons. The van der Waals surface area contributed by atoms with Gasteiger partial charge in [0.05, 0.1) is 22.6 Å². The van der Waals surface area contributed by atoms with Crippen molar-refractivity contribution >= 4 is 34.0 Å². The minimum absolute atomic E-state index is 0.0261. The zero-order valence-electron chi connectivity index (χ0n) is 15.8. The largest absolute Gasteiger partial charge is 0.489 e. The first-order chi connectivity index (χ1) is 14.5. The topological polar surface area (TPSA) is 64.4 Å². The molecule has 0 bridgehead atoms. The Bertz CT molecular complexity index is 1240. The van der Waals surface area contributed by atoms with Crippen LogP contribution < -0.4 is 10.3 Å². The van der Waals surface area contributed by atoms with Gasteiger partial charge in [0.2, 0.25) is 0 Å². The number of aromatic nitrogens is 2. The second kappa shape index (κ2) is 8.88. The number of aliphatic hydroxyl groups is 1. The summed E-state index contributed by atoms with van der Waals surface area (Å²) < 4.78 is 6.86. The average Bonchev–Trinajstić information content (AvgIpc) is 2.77. The Morgan fingerprint density at radius 2 is 1.67 bits per heavy atom. The molecule has 1 aromatic heterocycles. The van der Waals surface area contributed by atoms with Crippen molar-refractivity contribution in [3.05, 3.63) is 93.2 Å². The third-order valence-electron chi connectivity index (χ3n) is 4.62. The molecule has 0 amide bonds. The third kappa shape index (κ3) is 4.33. The molecule has 0 unspecified atom stereocenters. The molecule has 0 spiro atoms. The molecule has 0 saturated carbocycles. The van der Waals surface area contributed by atoms with Crippen LogP contribution in [-0.4, -0.2) is 27.6 Å². The molecule has 5 nitrogen and oxygen atoms in total. The van der Waals surface area contributed by atoms with Crippen molar-refractivity contribution in [3.63, 3.8) is 0 Å². The molecular weight excluding hydrogens is 423 g/mol. The van der Waals surface area contributed by atoms with Gasteiger partial charge in [0.15, 0.2) is 0 Å². The van der Waals surface area contributed by atoms with Crippen LogP contribution in [0.4, 0.5) is 0 Å².